The second kappa shape index (κ2) is 3.92. The first-order chi connectivity index (χ1) is 6.77. The molecule has 4 heteroatoms. The molecule has 0 radical (unpaired) electrons. The van der Waals surface area contributed by atoms with E-state index < -0.39 is 0 Å². The van der Waals surface area contributed by atoms with E-state index in [4.69, 9.17) is 4.74 Å². The predicted octanol–water partition coefficient (Wildman–Crippen LogP) is 1.17. The molecule has 1 atom stereocenters. The van der Waals surface area contributed by atoms with Crippen LogP contribution in [-0.4, -0.2) is 28.0 Å². The fraction of sp³-hybridized carbons (Fsp3) is 0.600. The van der Waals surface area contributed by atoms with Gasteiger partial charge < -0.3 is 9.30 Å². The zero-order chi connectivity index (χ0) is 9.97. The highest BCUT2D eigenvalue weighted by atomic mass is 16.5. The molecule has 0 bridgehead atoms. The number of imidazole rings is 1. The molecule has 76 valence electrons. The molecule has 1 unspecified atom stereocenters. The van der Waals surface area contributed by atoms with E-state index in [1.54, 1.807) is 17.0 Å². The lowest BCUT2D eigenvalue weighted by atomic mass is 10.1. The van der Waals surface area contributed by atoms with Crippen LogP contribution in [0.5, 0.6) is 0 Å². The van der Waals surface area contributed by atoms with Crippen LogP contribution in [0, 0.1) is 0 Å². The minimum atomic E-state index is 0.0735. The highest BCUT2D eigenvalue weighted by Gasteiger charge is 2.21. The molecule has 1 aromatic heterocycles. The Morgan fingerprint density at radius 3 is 3.21 bits per heavy atom. The van der Waals surface area contributed by atoms with Gasteiger partial charge >= 0.3 is 0 Å². The number of ether oxygens (including phenoxy) is 1. The zero-order valence-electron chi connectivity index (χ0n) is 8.27. The van der Waals surface area contributed by atoms with Crippen molar-refractivity contribution in [2.24, 2.45) is 7.05 Å². The van der Waals surface area contributed by atoms with Gasteiger partial charge in [0, 0.05) is 32.5 Å². The smallest absolute Gasteiger partial charge is 0.200 e. The normalized spacial score (nSPS) is 21.4. The zero-order valence-corrected chi connectivity index (χ0v) is 8.27. The van der Waals surface area contributed by atoms with E-state index in [-0.39, 0.29) is 11.9 Å². The maximum absolute atomic E-state index is 11.7. The van der Waals surface area contributed by atoms with Gasteiger partial charge in [-0.1, -0.05) is 0 Å². The van der Waals surface area contributed by atoms with E-state index in [2.05, 4.69) is 4.98 Å². The standard InChI is InChI=1S/C10H14N2O2/c1-12-5-4-11-10(12)9(13)7-8-3-2-6-14-8/h4-5,8H,2-3,6-7H2,1H3. The molecule has 0 N–H and O–H groups in total. The van der Waals surface area contributed by atoms with Crippen molar-refractivity contribution in [3.8, 4) is 0 Å². The van der Waals surface area contributed by atoms with Crippen molar-refractivity contribution in [3.05, 3.63) is 18.2 Å². The number of nitrogens with zero attached hydrogens (tertiary/aromatic N) is 2. The average Bonchev–Trinajstić information content (AvgIpc) is 2.75. The van der Waals surface area contributed by atoms with E-state index in [9.17, 15) is 4.79 Å². The quantitative estimate of drug-likeness (QED) is 0.678. The lowest BCUT2D eigenvalue weighted by Crippen LogP contribution is -2.15. The summed E-state index contributed by atoms with van der Waals surface area (Å²) in [5.41, 5.74) is 0. The number of carbonyl (C=O) groups excluding carboxylic acids is 1. The summed E-state index contributed by atoms with van der Waals surface area (Å²) in [6, 6.07) is 0. The Morgan fingerprint density at radius 2 is 2.64 bits per heavy atom. The van der Waals surface area contributed by atoms with Crippen LogP contribution in [0.4, 0.5) is 0 Å². The first-order valence-electron chi connectivity index (χ1n) is 4.89. The number of Topliss-reactive ketones (excluding diaryl/α,β-unsaturated/α-hetero) is 1. The van der Waals surface area contributed by atoms with Gasteiger partial charge in [0.1, 0.15) is 0 Å². The van der Waals surface area contributed by atoms with Crippen molar-refractivity contribution >= 4 is 5.78 Å². The van der Waals surface area contributed by atoms with Gasteiger partial charge in [0.25, 0.3) is 0 Å². The lowest BCUT2D eigenvalue weighted by Gasteiger charge is -2.07. The molecule has 0 amide bonds. The maximum atomic E-state index is 11.7. The highest BCUT2D eigenvalue weighted by Crippen LogP contribution is 2.17. The fourth-order valence-electron chi connectivity index (χ4n) is 1.74. The molecule has 1 saturated heterocycles. The molecule has 0 spiro atoms. The van der Waals surface area contributed by atoms with Crippen molar-refractivity contribution in [3.63, 3.8) is 0 Å². The van der Waals surface area contributed by atoms with Gasteiger partial charge in [-0.15, -0.1) is 0 Å². The molecular weight excluding hydrogens is 180 g/mol. The van der Waals surface area contributed by atoms with Gasteiger partial charge in [0.15, 0.2) is 5.82 Å². The Labute approximate surface area is 82.9 Å². The third-order valence-electron chi connectivity index (χ3n) is 2.51. The molecule has 1 aliphatic rings. The molecule has 0 aliphatic carbocycles. The van der Waals surface area contributed by atoms with Crippen molar-refractivity contribution in [1.29, 1.82) is 0 Å². The summed E-state index contributed by atoms with van der Waals surface area (Å²) < 4.78 is 7.15. The summed E-state index contributed by atoms with van der Waals surface area (Å²) in [6.07, 6.45) is 6.06. The van der Waals surface area contributed by atoms with Gasteiger partial charge in [0.05, 0.1) is 6.10 Å². The van der Waals surface area contributed by atoms with Crippen molar-refractivity contribution in [1.82, 2.24) is 9.55 Å². The molecule has 2 rings (SSSR count). The minimum Gasteiger partial charge on any atom is -0.378 e. The summed E-state index contributed by atoms with van der Waals surface area (Å²) in [5, 5.41) is 0. The van der Waals surface area contributed by atoms with Crippen LogP contribution in [0.3, 0.4) is 0 Å². The van der Waals surface area contributed by atoms with Crippen LogP contribution in [-0.2, 0) is 11.8 Å². The number of rotatable bonds is 3. The first-order valence-corrected chi connectivity index (χ1v) is 4.89. The van der Waals surface area contributed by atoms with Crippen LogP contribution in [0.25, 0.3) is 0 Å². The SMILES string of the molecule is Cn1ccnc1C(=O)CC1CCCO1. The predicted molar refractivity (Wildman–Crippen MR) is 51.1 cm³/mol. The Kier molecular flexibility index (Phi) is 2.63. The number of hydrogen-bond donors (Lipinski definition) is 0. The molecular formula is C10H14N2O2. The molecule has 0 saturated carbocycles. The Bertz CT molecular complexity index is 327. The van der Waals surface area contributed by atoms with Gasteiger partial charge in [-0.05, 0) is 12.8 Å². The number of aryl methyl sites for hydroxylation is 1. The fourth-order valence-corrected chi connectivity index (χ4v) is 1.74. The van der Waals surface area contributed by atoms with Gasteiger partial charge in [-0.2, -0.15) is 0 Å². The Hall–Kier alpha value is -1.16. The summed E-state index contributed by atoms with van der Waals surface area (Å²) in [5.74, 6) is 0.602. The van der Waals surface area contributed by atoms with E-state index >= 15 is 0 Å². The monoisotopic (exact) mass is 194 g/mol. The van der Waals surface area contributed by atoms with E-state index in [1.807, 2.05) is 7.05 Å². The molecule has 1 aromatic rings. The van der Waals surface area contributed by atoms with Crippen LogP contribution in [0.1, 0.15) is 29.9 Å². The van der Waals surface area contributed by atoms with E-state index in [1.165, 1.54) is 0 Å². The van der Waals surface area contributed by atoms with Crippen molar-refractivity contribution in [2.75, 3.05) is 6.61 Å². The van der Waals surface area contributed by atoms with Crippen molar-refractivity contribution in [2.45, 2.75) is 25.4 Å². The topological polar surface area (TPSA) is 44.1 Å². The highest BCUT2D eigenvalue weighted by molar-refractivity contribution is 5.93. The van der Waals surface area contributed by atoms with Gasteiger partial charge in [-0.3, -0.25) is 4.79 Å². The number of aromatic nitrogens is 2. The third kappa shape index (κ3) is 1.85. The minimum absolute atomic E-state index is 0.0735. The average molecular weight is 194 g/mol. The number of carbonyl (C=O) groups is 1. The summed E-state index contributed by atoms with van der Waals surface area (Å²) >= 11 is 0. The second-order valence-electron chi connectivity index (χ2n) is 3.62. The molecule has 1 aliphatic heterocycles. The Morgan fingerprint density at radius 1 is 1.79 bits per heavy atom. The van der Waals surface area contributed by atoms with Gasteiger partial charge in [-0.25, -0.2) is 4.98 Å². The number of ketones is 1. The molecule has 14 heavy (non-hydrogen) atoms. The third-order valence-corrected chi connectivity index (χ3v) is 2.51. The summed E-state index contributed by atoms with van der Waals surface area (Å²) in [6.45, 7) is 0.790. The molecule has 4 nitrogen and oxygen atoms in total. The molecule has 1 fully saturated rings. The van der Waals surface area contributed by atoms with Gasteiger partial charge in [0.2, 0.25) is 5.78 Å². The largest absolute Gasteiger partial charge is 0.378 e. The lowest BCUT2D eigenvalue weighted by molar-refractivity contribution is 0.0765. The maximum Gasteiger partial charge on any atom is 0.200 e. The molecule has 2 heterocycles. The first kappa shape index (κ1) is 9.40. The summed E-state index contributed by atoms with van der Waals surface area (Å²) in [7, 11) is 1.83. The second-order valence-corrected chi connectivity index (χ2v) is 3.62. The summed E-state index contributed by atoms with van der Waals surface area (Å²) in [4.78, 5) is 15.7. The van der Waals surface area contributed by atoms with Crippen LogP contribution in [0.2, 0.25) is 0 Å². The molecule has 0 aromatic carbocycles. The van der Waals surface area contributed by atoms with Crippen molar-refractivity contribution < 1.29 is 9.53 Å². The number of hydrogen-bond acceptors (Lipinski definition) is 3. The van der Waals surface area contributed by atoms with Crippen LogP contribution >= 0.6 is 0 Å². The van der Waals surface area contributed by atoms with E-state index in [0.29, 0.717) is 12.2 Å². The van der Waals surface area contributed by atoms with Crippen LogP contribution in [0.15, 0.2) is 12.4 Å². The Balaban J connectivity index is 1.98. The van der Waals surface area contributed by atoms with E-state index in [0.717, 1.165) is 19.4 Å². The van der Waals surface area contributed by atoms with Crippen LogP contribution < -0.4 is 0 Å².